The van der Waals surface area contributed by atoms with E-state index in [0.717, 1.165) is 28.4 Å². The molecule has 0 saturated carbocycles. The molecule has 0 radical (unpaired) electrons. The van der Waals surface area contributed by atoms with Crippen LogP contribution in [0.2, 0.25) is 5.02 Å². The highest BCUT2D eigenvalue weighted by Crippen LogP contribution is 2.44. The van der Waals surface area contributed by atoms with E-state index in [1.54, 1.807) is 12.1 Å². The maximum absolute atomic E-state index is 13.0. The summed E-state index contributed by atoms with van der Waals surface area (Å²) >= 11 is 7.04. The number of fused-ring (bicyclic) bond motifs is 3. The van der Waals surface area contributed by atoms with Crippen LogP contribution in [0.3, 0.4) is 0 Å². The summed E-state index contributed by atoms with van der Waals surface area (Å²) in [7, 11) is -2.24. The molecular formula is C20H13ClF3NO3S2. The molecule has 10 heteroatoms. The number of carbonyl (C=O) groups is 1. The molecule has 30 heavy (non-hydrogen) atoms. The van der Waals surface area contributed by atoms with Crippen LogP contribution >= 0.6 is 22.9 Å². The Labute approximate surface area is 179 Å². The lowest BCUT2D eigenvalue weighted by Crippen LogP contribution is -2.25. The van der Waals surface area contributed by atoms with Crippen LogP contribution in [0.15, 0.2) is 53.4 Å². The van der Waals surface area contributed by atoms with Gasteiger partial charge in [-0.1, -0.05) is 23.7 Å². The number of alkyl halides is 3. The van der Waals surface area contributed by atoms with Gasteiger partial charge >= 0.3 is 6.18 Å². The third-order valence-electron chi connectivity index (χ3n) is 4.75. The molecule has 4 nitrogen and oxygen atoms in total. The standard InChI is InChI=1S/C20H13ClF3NO3S2/c1-25(14-4-2-3-12(8-14)20(22,23)24)19(26)16-7-11-10-30(27,28)17-9-13(21)5-6-15(17)18(11)29-16/h2-9H,10H2,1H3. The Morgan fingerprint density at radius 3 is 2.57 bits per heavy atom. The average Bonchev–Trinajstić information content (AvgIpc) is 3.09. The average molecular weight is 472 g/mol. The summed E-state index contributed by atoms with van der Waals surface area (Å²) in [5.41, 5.74) is 0.171. The fourth-order valence-electron chi connectivity index (χ4n) is 3.27. The first-order valence-corrected chi connectivity index (χ1v) is 11.4. The van der Waals surface area contributed by atoms with Crippen LogP contribution < -0.4 is 4.90 Å². The third kappa shape index (κ3) is 3.61. The lowest BCUT2D eigenvalue weighted by molar-refractivity contribution is -0.137. The van der Waals surface area contributed by atoms with Crippen LogP contribution in [-0.2, 0) is 21.8 Å². The Hall–Kier alpha value is -2.36. The zero-order valence-corrected chi connectivity index (χ0v) is 17.7. The van der Waals surface area contributed by atoms with Crippen LogP contribution in [0, 0.1) is 0 Å². The minimum Gasteiger partial charge on any atom is -0.311 e. The zero-order chi connectivity index (χ0) is 21.8. The molecule has 2 aromatic carbocycles. The smallest absolute Gasteiger partial charge is 0.311 e. The molecule has 0 aliphatic carbocycles. The van der Waals surface area contributed by atoms with Crippen molar-refractivity contribution >= 4 is 44.4 Å². The van der Waals surface area contributed by atoms with Crippen LogP contribution in [0.1, 0.15) is 20.8 Å². The minimum absolute atomic E-state index is 0.0843. The maximum atomic E-state index is 13.0. The van der Waals surface area contributed by atoms with Crippen LogP contribution in [0.5, 0.6) is 0 Å². The van der Waals surface area contributed by atoms with Gasteiger partial charge in [0, 0.05) is 28.2 Å². The second-order valence-electron chi connectivity index (χ2n) is 6.78. The number of sulfone groups is 1. The summed E-state index contributed by atoms with van der Waals surface area (Å²) in [6.45, 7) is 0. The van der Waals surface area contributed by atoms with Gasteiger partial charge in [-0.05, 0) is 42.0 Å². The van der Waals surface area contributed by atoms with Crippen molar-refractivity contribution in [1.29, 1.82) is 0 Å². The van der Waals surface area contributed by atoms with E-state index in [0.29, 0.717) is 16.0 Å². The lowest BCUT2D eigenvalue weighted by Gasteiger charge is -2.18. The summed E-state index contributed by atoms with van der Waals surface area (Å²) < 4.78 is 64.1. The predicted molar refractivity (Wildman–Crippen MR) is 110 cm³/mol. The number of benzene rings is 2. The molecule has 0 fully saturated rings. The molecule has 0 bridgehead atoms. The molecule has 0 N–H and O–H groups in total. The number of hydrogen-bond donors (Lipinski definition) is 0. The quantitative estimate of drug-likeness (QED) is 0.485. The summed E-state index contributed by atoms with van der Waals surface area (Å²) in [4.78, 5) is 15.0. The summed E-state index contributed by atoms with van der Waals surface area (Å²) in [6.07, 6.45) is -4.53. The van der Waals surface area contributed by atoms with E-state index < -0.39 is 27.5 Å². The molecule has 0 atom stereocenters. The molecular weight excluding hydrogens is 459 g/mol. The molecule has 2 heterocycles. The number of anilines is 1. The topological polar surface area (TPSA) is 54.5 Å². The first kappa shape index (κ1) is 20.9. The molecule has 156 valence electrons. The van der Waals surface area contributed by atoms with Crippen LogP contribution in [-0.4, -0.2) is 21.4 Å². The predicted octanol–water partition coefficient (Wildman–Crippen LogP) is 5.65. The van der Waals surface area contributed by atoms with E-state index in [1.165, 1.54) is 31.3 Å². The van der Waals surface area contributed by atoms with Crippen molar-refractivity contribution < 1.29 is 26.4 Å². The second kappa shape index (κ2) is 7.11. The van der Waals surface area contributed by atoms with Crippen molar-refractivity contribution in [2.24, 2.45) is 0 Å². The van der Waals surface area contributed by atoms with Crippen molar-refractivity contribution in [3.63, 3.8) is 0 Å². The molecule has 1 aliphatic rings. The Morgan fingerprint density at radius 1 is 1.13 bits per heavy atom. The largest absolute Gasteiger partial charge is 0.416 e. The van der Waals surface area contributed by atoms with Gasteiger partial charge < -0.3 is 4.90 Å². The number of rotatable bonds is 2. The zero-order valence-electron chi connectivity index (χ0n) is 15.3. The van der Waals surface area contributed by atoms with E-state index in [2.05, 4.69) is 0 Å². The maximum Gasteiger partial charge on any atom is 0.416 e. The fourth-order valence-corrected chi connectivity index (χ4v) is 6.46. The SMILES string of the molecule is CN(C(=O)c1cc2c(s1)-c1ccc(Cl)cc1S(=O)(=O)C2)c1cccc(C(F)(F)F)c1. The molecule has 0 spiro atoms. The third-order valence-corrected chi connectivity index (χ3v) is 7.89. The van der Waals surface area contributed by atoms with Gasteiger partial charge in [0.25, 0.3) is 5.91 Å². The van der Waals surface area contributed by atoms with Gasteiger partial charge in [0.2, 0.25) is 0 Å². The number of amides is 1. The van der Waals surface area contributed by atoms with Gasteiger partial charge in [0.15, 0.2) is 9.84 Å². The van der Waals surface area contributed by atoms with Gasteiger partial charge in [-0.2, -0.15) is 13.2 Å². The molecule has 1 aromatic heterocycles. The molecule has 1 amide bonds. The normalized spacial score (nSPS) is 14.7. The molecule has 0 unspecified atom stereocenters. The fraction of sp³-hybridized carbons (Fsp3) is 0.150. The van der Waals surface area contributed by atoms with Gasteiger partial charge in [0.1, 0.15) is 0 Å². The van der Waals surface area contributed by atoms with Gasteiger partial charge in [-0.15, -0.1) is 11.3 Å². The highest BCUT2D eigenvalue weighted by Gasteiger charge is 2.33. The Bertz CT molecular complexity index is 1280. The van der Waals surface area contributed by atoms with Gasteiger partial charge in [0.05, 0.1) is 21.1 Å². The van der Waals surface area contributed by atoms with E-state index in [-0.39, 0.29) is 26.2 Å². The number of hydrogen-bond acceptors (Lipinski definition) is 4. The monoisotopic (exact) mass is 471 g/mol. The first-order valence-electron chi connectivity index (χ1n) is 8.58. The summed E-state index contributed by atoms with van der Waals surface area (Å²) in [5, 5.41) is 0.290. The van der Waals surface area contributed by atoms with Crippen LogP contribution in [0.25, 0.3) is 10.4 Å². The molecule has 1 aliphatic heterocycles. The Kier molecular flexibility index (Phi) is 4.95. The lowest BCUT2D eigenvalue weighted by atomic mass is 10.1. The molecule has 4 rings (SSSR count). The Morgan fingerprint density at radius 2 is 1.87 bits per heavy atom. The van der Waals surface area contributed by atoms with E-state index in [1.807, 2.05) is 0 Å². The number of carbonyl (C=O) groups excluding carboxylic acids is 1. The van der Waals surface area contributed by atoms with E-state index in [4.69, 9.17) is 11.6 Å². The molecule has 0 saturated heterocycles. The number of halogens is 4. The van der Waals surface area contributed by atoms with Crippen molar-refractivity contribution in [2.45, 2.75) is 16.8 Å². The van der Waals surface area contributed by atoms with Crippen molar-refractivity contribution in [3.05, 3.63) is 69.6 Å². The number of nitrogens with zero attached hydrogens (tertiary/aromatic N) is 1. The van der Waals surface area contributed by atoms with E-state index in [9.17, 15) is 26.4 Å². The first-order chi connectivity index (χ1) is 14.0. The molecule has 3 aromatic rings. The highest BCUT2D eigenvalue weighted by atomic mass is 35.5. The van der Waals surface area contributed by atoms with Crippen molar-refractivity contribution in [2.75, 3.05) is 11.9 Å². The second-order valence-corrected chi connectivity index (χ2v) is 10.2. The van der Waals surface area contributed by atoms with Crippen molar-refractivity contribution in [3.8, 4) is 10.4 Å². The highest BCUT2D eigenvalue weighted by molar-refractivity contribution is 7.91. The number of thiophene rings is 1. The van der Waals surface area contributed by atoms with Gasteiger partial charge in [-0.3, -0.25) is 4.79 Å². The summed E-state index contributed by atoms with van der Waals surface area (Å²) in [6, 6.07) is 10.5. The summed E-state index contributed by atoms with van der Waals surface area (Å²) in [5.74, 6) is -0.797. The van der Waals surface area contributed by atoms with Crippen molar-refractivity contribution in [1.82, 2.24) is 0 Å². The van der Waals surface area contributed by atoms with Gasteiger partial charge in [-0.25, -0.2) is 8.42 Å². The van der Waals surface area contributed by atoms with E-state index >= 15 is 0 Å². The van der Waals surface area contributed by atoms with Crippen LogP contribution in [0.4, 0.5) is 18.9 Å². The Balaban J connectivity index is 1.73. The minimum atomic E-state index is -4.53.